The summed E-state index contributed by atoms with van der Waals surface area (Å²) in [4.78, 5) is 24.8. The van der Waals surface area contributed by atoms with Crippen molar-refractivity contribution in [2.45, 2.75) is 46.2 Å². The molecule has 0 radical (unpaired) electrons. The molecule has 0 spiro atoms. The van der Waals surface area contributed by atoms with E-state index in [0.29, 0.717) is 0 Å². The minimum Gasteiger partial charge on any atom is -0.350 e. The largest absolute Gasteiger partial charge is 0.350 e. The molecular weight excluding hydrogens is 218 g/mol. The van der Waals surface area contributed by atoms with Gasteiger partial charge in [-0.2, -0.15) is 0 Å². The molecule has 5 nitrogen and oxygen atoms in total. The number of nitrogens with one attached hydrogen (secondary N) is 1. The van der Waals surface area contributed by atoms with Crippen LogP contribution in [0, 0.1) is 5.92 Å². The fourth-order valence-corrected chi connectivity index (χ4v) is 1.29. The van der Waals surface area contributed by atoms with Gasteiger partial charge in [-0.15, -0.1) is 0 Å². The van der Waals surface area contributed by atoms with Gasteiger partial charge in [-0.25, -0.2) is 0 Å². The molecule has 3 N–H and O–H groups in total. The summed E-state index contributed by atoms with van der Waals surface area (Å²) in [6, 6.07) is -0.553. The Morgan fingerprint density at radius 2 is 1.76 bits per heavy atom. The number of amides is 2. The average molecular weight is 243 g/mol. The second-order valence-electron chi connectivity index (χ2n) is 5.76. The molecule has 100 valence electrons. The SMILES string of the molecule is CC(C)[C@H](N)C(=O)N(C)CC(=O)NC(C)(C)C. The summed E-state index contributed by atoms with van der Waals surface area (Å²) in [5.74, 6) is -0.316. The van der Waals surface area contributed by atoms with Crippen LogP contribution in [0.15, 0.2) is 0 Å². The Morgan fingerprint density at radius 3 is 2.12 bits per heavy atom. The zero-order chi connectivity index (χ0) is 13.8. The fraction of sp³-hybridized carbons (Fsp3) is 0.833. The van der Waals surface area contributed by atoms with Crippen LogP contribution in [0.5, 0.6) is 0 Å². The van der Waals surface area contributed by atoms with Gasteiger partial charge in [0.05, 0.1) is 12.6 Å². The van der Waals surface area contributed by atoms with Gasteiger partial charge in [0, 0.05) is 12.6 Å². The highest BCUT2D eigenvalue weighted by Gasteiger charge is 2.23. The lowest BCUT2D eigenvalue weighted by Gasteiger charge is -2.25. The smallest absolute Gasteiger partial charge is 0.240 e. The van der Waals surface area contributed by atoms with E-state index in [4.69, 9.17) is 5.73 Å². The van der Waals surface area contributed by atoms with Crippen LogP contribution in [0.25, 0.3) is 0 Å². The van der Waals surface area contributed by atoms with E-state index in [0.717, 1.165) is 0 Å². The van der Waals surface area contributed by atoms with Crippen LogP contribution in [0.4, 0.5) is 0 Å². The number of likely N-dealkylation sites (N-methyl/N-ethyl adjacent to an activating group) is 1. The molecule has 2 amide bonds. The third-order valence-corrected chi connectivity index (χ3v) is 2.27. The van der Waals surface area contributed by atoms with Crippen molar-refractivity contribution in [3.8, 4) is 0 Å². The lowest BCUT2D eigenvalue weighted by molar-refractivity contribution is -0.136. The number of hydrogen-bond acceptors (Lipinski definition) is 3. The quantitative estimate of drug-likeness (QED) is 0.748. The van der Waals surface area contributed by atoms with Gasteiger partial charge in [0.25, 0.3) is 0 Å². The maximum atomic E-state index is 11.8. The summed E-state index contributed by atoms with van der Waals surface area (Å²) in [5.41, 5.74) is 5.45. The monoisotopic (exact) mass is 243 g/mol. The average Bonchev–Trinajstić information content (AvgIpc) is 2.11. The molecule has 17 heavy (non-hydrogen) atoms. The van der Waals surface area contributed by atoms with Crippen molar-refractivity contribution in [2.24, 2.45) is 11.7 Å². The Labute approximate surface area is 104 Å². The van der Waals surface area contributed by atoms with E-state index in [1.807, 2.05) is 34.6 Å². The van der Waals surface area contributed by atoms with E-state index in [1.54, 1.807) is 7.05 Å². The standard InChI is InChI=1S/C12H25N3O2/c1-8(2)10(13)11(17)15(6)7-9(16)14-12(3,4)5/h8,10H,7,13H2,1-6H3,(H,14,16)/t10-/m0/s1. The Bertz CT molecular complexity index is 282. The summed E-state index contributed by atoms with van der Waals surface area (Å²) in [7, 11) is 1.59. The topological polar surface area (TPSA) is 75.4 Å². The summed E-state index contributed by atoms with van der Waals surface area (Å²) in [6.07, 6.45) is 0. The van der Waals surface area contributed by atoms with E-state index in [1.165, 1.54) is 4.90 Å². The van der Waals surface area contributed by atoms with Gasteiger partial charge in [-0.1, -0.05) is 13.8 Å². The van der Waals surface area contributed by atoms with Crippen LogP contribution >= 0.6 is 0 Å². The predicted octanol–water partition coefficient (Wildman–Crippen LogP) is 0.343. The minimum atomic E-state index is -0.553. The van der Waals surface area contributed by atoms with Crippen molar-refractivity contribution >= 4 is 11.8 Å². The summed E-state index contributed by atoms with van der Waals surface area (Å²) >= 11 is 0. The van der Waals surface area contributed by atoms with Crippen LogP contribution < -0.4 is 11.1 Å². The molecule has 0 aliphatic carbocycles. The highest BCUT2D eigenvalue weighted by atomic mass is 16.2. The van der Waals surface area contributed by atoms with E-state index in [2.05, 4.69) is 5.32 Å². The molecule has 5 heteroatoms. The van der Waals surface area contributed by atoms with Gasteiger partial charge in [-0.05, 0) is 26.7 Å². The van der Waals surface area contributed by atoms with Crippen molar-refractivity contribution < 1.29 is 9.59 Å². The van der Waals surface area contributed by atoms with Crippen molar-refractivity contribution in [3.63, 3.8) is 0 Å². The van der Waals surface area contributed by atoms with Gasteiger partial charge >= 0.3 is 0 Å². The van der Waals surface area contributed by atoms with Gasteiger partial charge in [-0.3, -0.25) is 9.59 Å². The highest BCUT2D eigenvalue weighted by Crippen LogP contribution is 2.03. The molecule has 0 heterocycles. The molecule has 0 aromatic rings. The van der Waals surface area contributed by atoms with Crippen molar-refractivity contribution in [3.05, 3.63) is 0 Å². The first-order valence-corrected chi connectivity index (χ1v) is 5.86. The van der Waals surface area contributed by atoms with Crippen molar-refractivity contribution in [2.75, 3.05) is 13.6 Å². The van der Waals surface area contributed by atoms with E-state index in [-0.39, 0.29) is 29.8 Å². The molecule has 0 fully saturated rings. The lowest BCUT2D eigenvalue weighted by atomic mass is 10.0. The van der Waals surface area contributed by atoms with E-state index >= 15 is 0 Å². The highest BCUT2D eigenvalue weighted by molar-refractivity contribution is 5.87. The number of rotatable bonds is 4. The van der Waals surface area contributed by atoms with E-state index in [9.17, 15) is 9.59 Å². The normalized spacial score (nSPS) is 13.4. The third kappa shape index (κ3) is 6.26. The van der Waals surface area contributed by atoms with Crippen LogP contribution in [0.3, 0.4) is 0 Å². The Hall–Kier alpha value is -1.10. The fourth-order valence-electron chi connectivity index (χ4n) is 1.29. The van der Waals surface area contributed by atoms with Crippen LogP contribution in [-0.2, 0) is 9.59 Å². The molecule has 0 saturated heterocycles. The van der Waals surface area contributed by atoms with Crippen molar-refractivity contribution in [1.29, 1.82) is 0 Å². The molecule has 0 aromatic carbocycles. The maximum absolute atomic E-state index is 11.8. The Morgan fingerprint density at radius 1 is 1.29 bits per heavy atom. The first kappa shape index (κ1) is 15.9. The predicted molar refractivity (Wildman–Crippen MR) is 68.3 cm³/mol. The number of carbonyl (C=O) groups excluding carboxylic acids is 2. The van der Waals surface area contributed by atoms with Crippen LogP contribution in [0.2, 0.25) is 0 Å². The number of carbonyl (C=O) groups is 2. The molecule has 0 bridgehead atoms. The number of nitrogens with two attached hydrogens (primary N) is 1. The lowest BCUT2D eigenvalue weighted by Crippen LogP contribution is -2.50. The zero-order valence-corrected chi connectivity index (χ0v) is 11.7. The third-order valence-electron chi connectivity index (χ3n) is 2.27. The van der Waals surface area contributed by atoms with Gasteiger partial charge in [0.1, 0.15) is 0 Å². The molecular formula is C12H25N3O2. The van der Waals surface area contributed by atoms with Gasteiger partial charge in [0.2, 0.25) is 11.8 Å². The summed E-state index contributed by atoms with van der Waals surface area (Å²) < 4.78 is 0. The first-order valence-electron chi connectivity index (χ1n) is 5.86. The molecule has 0 rings (SSSR count). The molecule has 0 aromatic heterocycles. The Kier molecular flexibility index (Phi) is 5.61. The molecule has 0 unspecified atom stereocenters. The molecule has 0 aliphatic heterocycles. The van der Waals surface area contributed by atoms with E-state index < -0.39 is 6.04 Å². The van der Waals surface area contributed by atoms with Crippen LogP contribution in [-0.4, -0.2) is 41.9 Å². The van der Waals surface area contributed by atoms with Crippen LogP contribution in [0.1, 0.15) is 34.6 Å². The first-order chi connectivity index (χ1) is 7.54. The van der Waals surface area contributed by atoms with Crippen molar-refractivity contribution in [1.82, 2.24) is 10.2 Å². The zero-order valence-electron chi connectivity index (χ0n) is 11.7. The maximum Gasteiger partial charge on any atom is 0.240 e. The summed E-state index contributed by atoms with van der Waals surface area (Å²) in [5, 5.41) is 2.80. The molecule has 0 saturated carbocycles. The minimum absolute atomic E-state index is 0.0382. The summed E-state index contributed by atoms with van der Waals surface area (Å²) in [6.45, 7) is 9.49. The molecule has 1 atom stereocenters. The second-order valence-corrected chi connectivity index (χ2v) is 5.76. The number of nitrogens with zero attached hydrogens (tertiary/aromatic N) is 1. The van der Waals surface area contributed by atoms with Gasteiger partial charge < -0.3 is 16.0 Å². The number of hydrogen-bond donors (Lipinski definition) is 2. The van der Waals surface area contributed by atoms with Gasteiger partial charge in [0.15, 0.2) is 0 Å². The molecule has 0 aliphatic rings. The second kappa shape index (κ2) is 6.00. The Balaban J connectivity index is 4.31.